The first-order chi connectivity index (χ1) is 7.22. The summed E-state index contributed by atoms with van der Waals surface area (Å²) in [6.45, 7) is 4.30. The summed E-state index contributed by atoms with van der Waals surface area (Å²) in [5.74, 6) is 0.372. The van der Waals surface area contributed by atoms with Gasteiger partial charge in [-0.3, -0.25) is 0 Å². The van der Waals surface area contributed by atoms with E-state index in [9.17, 15) is 5.11 Å². The van der Waals surface area contributed by atoms with Crippen LogP contribution in [-0.2, 0) is 6.61 Å². The van der Waals surface area contributed by atoms with E-state index in [1.165, 1.54) is 4.88 Å². The summed E-state index contributed by atoms with van der Waals surface area (Å²) in [6, 6.07) is 4.09. The van der Waals surface area contributed by atoms with Crippen LogP contribution < -0.4 is 0 Å². The molecule has 80 valence electrons. The van der Waals surface area contributed by atoms with Crippen LogP contribution in [-0.4, -0.2) is 10.1 Å². The van der Waals surface area contributed by atoms with Crippen LogP contribution in [0, 0.1) is 0 Å². The van der Waals surface area contributed by atoms with Gasteiger partial charge >= 0.3 is 0 Å². The van der Waals surface area contributed by atoms with Crippen LogP contribution in [0.25, 0.3) is 9.88 Å². The molecule has 0 saturated heterocycles. The molecule has 0 aliphatic heterocycles. The third-order valence-electron chi connectivity index (χ3n) is 2.15. The normalized spacial score (nSPS) is 11.2. The standard InChI is InChI=1S/C11H13NOS2/c1-7(2)10-9(6-13)15-11(12-10)8-4-3-5-14-8/h3-5,7,13H,6H2,1-2H3. The summed E-state index contributed by atoms with van der Waals surface area (Å²) in [6.07, 6.45) is 0. The van der Waals surface area contributed by atoms with E-state index in [-0.39, 0.29) is 6.61 Å². The van der Waals surface area contributed by atoms with Crippen molar-refractivity contribution >= 4 is 22.7 Å². The second kappa shape index (κ2) is 4.43. The Morgan fingerprint density at radius 2 is 2.27 bits per heavy atom. The van der Waals surface area contributed by atoms with Crippen molar-refractivity contribution in [1.29, 1.82) is 0 Å². The van der Waals surface area contributed by atoms with Gasteiger partial charge in [-0.15, -0.1) is 22.7 Å². The topological polar surface area (TPSA) is 33.1 Å². The predicted octanol–water partition coefficient (Wildman–Crippen LogP) is 3.49. The van der Waals surface area contributed by atoms with E-state index in [4.69, 9.17) is 0 Å². The highest BCUT2D eigenvalue weighted by atomic mass is 32.1. The molecule has 0 unspecified atom stereocenters. The summed E-state index contributed by atoms with van der Waals surface area (Å²) in [5, 5.41) is 12.3. The summed E-state index contributed by atoms with van der Waals surface area (Å²) < 4.78 is 0. The lowest BCUT2D eigenvalue weighted by atomic mass is 10.1. The second-order valence-electron chi connectivity index (χ2n) is 3.62. The molecule has 0 spiro atoms. The van der Waals surface area contributed by atoms with E-state index in [2.05, 4.69) is 24.9 Å². The molecule has 0 aromatic carbocycles. The lowest BCUT2D eigenvalue weighted by Gasteiger charge is -2.01. The van der Waals surface area contributed by atoms with Crippen LogP contribution in [0.2, 0.25) is 0 Å². The highest BCUT2D eigenvalue weighted by Gasteiger charge is 2.14. The molecule has 2 rings (SSSR count). The summed E-state index contributed by atoms with van der Waals surface area (Å²) in [4.78, 5) is 6.77. The molecule has 0 atom stereocenters. The maximum Gasteiger partial charge on any atom is 0.133 e. The van der Waals surface area contributed by atoms with Gasteiger partial charge in [-0.2, -0.15) is 0 Å². The number of thiophene rings is 1. The molecule has 15 heavy (non-hydrogen) atoms. The van der Waals surface area contributed by atoms with Gasteiger partial charge in [0.25, 0.3) is 0 Å². The zero-order valence-corrected chi connectivity index (χ0v) is 10.4. The number of aromatic nitrogens is 1. The molecule has 2 aromatic heterocycles. The van der Waals surface area contributed by atoms with Crippen LogP contribution >= 0.6 is 22.7 Å². The number of nitrogens with zero attached hydrogens (tertiary/aromatic N) is 1. The first-order valence-electron chi connectivity index (χ1n) is 4.86. The Labute approximate surface area is 97.2 Å². The minimum Gasteiger partial charge on any atom is -0.391 e. The monoisotopic (exact) mass is 239 g/mol. The van der Waals surface area contributed by atoms with E-state index in [1.807, 2.05) is 11.4 Å². The third kappa shape index (κ3) is 2.12. The van der Waals surface area contributed by atoms with E-state index >= 15 is 0 Å². The summed E-state index contributed by atoms with van der Waals surface area (Å²) in [5.41, 5.74) is 1.03. The average Bonchev–Trinajstić information content (AvgIpc) is 2.86. The molecular weight excluding hydrogens is 226 g/mol. The molecule has 0 saturated carbocycles. The van der Waals surface area contributed by atoms with E-state index < -0.39 is 0 Å². The van der Waals surface area contributed by atoms with Crippen LogP contribution in [0.1, 0.15) is 30.3 Å². The smallest absolute Gasteiger partial charge is 0.133 e. The number of aliphatic hydroxyl groups excluding tert-OH is 1. The van der Waals surface area contributed by atoms with Crippen molar-refractivity contribution in [3.8, 4) is 9.88 Å². The lowest BCUT2D eigenvalue weighted by molar-refractivity contribution is 0.283. The molecule has 4 heteroatoms. The maximum atomic E-state index is 9.25. The van der Waals surface area contributed by atoms with Gasteiger partial charge in [-0.05, 0) is 17.4 Å². The quantitative estimate of drug-likeness (QED) is 0.889. The van der Waals surface area contributed by atoms with Gasteiger partial charge < -0.3 is 5.11 Å². The molecule has 1 N–H and O–H groups in total. The highest BCUT2D eigenvalue weighted by molar-refractivity contribution is 7.21. The van der Waals surface area contributed by atoms with Gasteiger partial charge in [0.05, 0.1) is 22.1 Å². The van der Waals surface area contributed by atoms with Gasteiger partial charge in [0.1, 0.15) is 5.01 Å². The Morgan fingerprint density at radius 3 is 2.73 bits per heavy atom. The van der Waals surface area contributed by atoms with Crippen LogP contribution in [0.15, 0.2) is 17.5 Å². The van der Waals surface area contributed by atoms with Gasteiger partial charge in [0.2, 0.25) is 0 Å². The number of hydrogen-bond acceptors (Lipinski definition) is 4. The lowest BCUT2D eigenvalue weighted by Crippen LogP contribution is -1.92. The van der Waals surface area contributed by atoms with Gasteiger partial charge in [-0.1, -0.05) is 19.9 Å². The first kappa shape index (κ1) is 10.8. The fourth-order valence-corrected chi connectivity index (χ4v) is 3.31. The second-order valence-corrected chi connectivity index (χ2v) is 5.65. The molecule has 0 aliphatic rings. The molecule has 0 amide bonds. The average molecular weight is 239 g/mol. The predicted molar refractivity (Wildman–Crippen MR) is 65.4 cm³/mol. The van der Waals surface area contributed by atoms with Gasteiger partial charge in [0, 0.05) is 0 Å². The van der Waals surface area contributed by atoms with Gasteiger partial charge in [-0.25, -0.2) is 4.98 Å². The Hall–Kier alpha value is -0.710. The Balaban J connectivity index is 2.43. The molecule has 0 fully saturated rings. The van der Waals surface area contributed by atoms with Crippen LogP contribution in [0.5, 0.6) is 0 Å². The molecular formula is C11H13NOS2. The number of aliphatic hydroxyl groups is 1. The number of hydrogen-bond donors (Lipinski definition) is 1. The fourth-order valence-electron chi connectivity index (χ4n) is 1.43. The van der Waals surface area contributed by atoms with Crippen LogP contribution in [0.4, 0.5) is 0 Å². The Morgan fingerprint density at radius 1 is 1.47 bits per heavy atom. The molecule has 2 nitrogen and oxygen atoms in total. The minimum atomic E-state index is 0.0938. The van der Waals surface area contributed by atoms with Gasteiger partial charge in [0.15, 0.2) is 0 Å². The molecule has 0 bridgehead atoms. The largest absolute Gasteiger partial charge is 0.391 e. The molecule has 0 radical (unpaired) electrons. The zero-order chi connectivity index (χ0) is 10.8. The molecule has 2 heterocycles. The van der Waals surface area contributed by atoms with Crippen molar-refractivity contribution in [2.24, 2.45) is 0 Å². The summed E-state index contributed by atoms with van der Waals surface area (Å²) in [7, 11) is 0. The van der Waals surface area contributed by atoms with Crippen molar-refractivity contribution in [1.82, 2.24) is 4.98 Å². The molecule has 2 aromatic rings. The maximum absolute atomic E-state index is 9.25. The van der Waals surface area contributed by atoms with Crippen molar-refractivity contribution in [2.75, 3.05) is 0 Å². The van der Waals surface area contributed by atoms with Crippen molar-refractivity contribution in [3.63, 3.8) is 0 Å². The number of rotatable bonds is 3. The summed E-state index contributed by atoms with van der Waals surface area (Å²) >= 11 is 3.28. The zero-order valence-electron chi connectivity index (χ0n) is 8.73. The Kier molecular flexibility index (Phi) is 3.19. The van der Waals surface area contributed by atoms with E-state index in [0.29, 0.717) is 5.92 Å². The van der Waals surface area contributed by atoms with Crippen molar-refractivity contribution in [2.45, 2.75) is 26.4 Å². The molecule has 0 aliphatic carbocycles. The van der Waals surface area contributed by atoms with Crippen molar-refractivity contribution < 1.29 is 5.11 Å². The van der Waals surface area contributed by atoms with Crippen LogP contribution in [0.3, 0.4) is 0 Å². The fraction of sp³-hybridized carbons (Fsp3) is 0.364. The Bertz CT molecular complexity index is 431. The van der Waals surface area contributed by atoms with E-state index in [0.717, 1.165) is 15.6 Å². The third-order valence-corrected chi connectivity index (χ3v) is 4.24. The van der Waals surface area contributed by atoms with E-state index in [1.54, 1.807) is 22.7 Å². The highest BCUT2D eigenvalue weighted by Crippen LogP contribution is 2.33. The minimum absolute atomic E-state index is 0.0938. The first-order valence-corrected chi connectivity index (χ1v) is 6.56. The number of thiazole rings is 1. The SMILES string of the molecule is CC(C)c1nc(-c2cccs2)sc1CO. The van der Waals surface area contributed by atoms with Crippen molar-refractivity contribution in [3.05, 3.63) is 28.1 Å².